The summed E-state index contributed by atoms with van der Waals surface area (Å²) in [4.78, 5) is 0. The number of unbranched alkanes of at least 4 members (excludes halogenated alkanes) is 1. The van der Waals surface area contributed by atoms with Crippen LogP contribution < -0.4 is 10.5 Å². The number of halogens is 1. The Kier molecular flexibility index (Phi) is 6.27. The molecule has 0 heterocycles. The molecule has 1 aromatic carbocycles. The molecular weight excluding hydrogens is 222 g/mol. The molecule has 90 valence electrons. The number of aryl methyl sites for hydroxylation is 1. The molecule has 0 saturated carbocycles. The Bertz CT molecular complexity index is 315. The van der Waals surface area contributed by atoms with E-state index in [2.05, 4.69) is 6.92 Å². The van der Waals surface area contributed by atoms with E-state index in [4.69, 9.17) is 22.1 Å². The van der Waals surface area contributed by atoms with Crippen LogP contribution in [0.3, 0.4) is 0 Å². The fraction of sp³-hybridized carbons (Fsp3) is 0.538. The molecule has 0 aliphatic heterocycles. The Morgan fingerprint density at radius 1 is 1.31 bits per heavy atom. The van der Waals surface area contributed by atoms with E-state index in [1.54, 1.807) is 0 Å². The SMILES string of the molecule is CCCOc1ccc(Cl)cc1CCCCN. The van der Waals surface area contributed by atoms with Gasteiger partial charge in [-0.25, -0.2) is 0 Å². The van der Waals surface area contributed by atoms with Crippen molar-refractivity contribution in [2.75, 3.05) is 13.2 Å². The topological polar surface area (TPSA) is 35.2 Å². The second kappa shape index (κ2) is 7.53. The summed E-state index contributed by atoms with van der Waals surface area (Å²) < 4.78 is 5.68. The molecule has 0 radical (unpaired) electrons. The summed E-state index contributed by atoms with van der Waals surface area (Å²) in [6.45, 7) is 3.60. The van der Waals surface area contributed by atoms with Crippen molar-refractivity contribution >= 4 is 11.6 Å². The lowest BCUT2D eigenvalue weighted by atomic mass is 10.1. The molecule has 0 aliphatic rings. The van der Waals surface area contributed by atoms with Gasteiger partial charge in [0.1, 0.15) is 5.75 Å². The first kappa shape index (κ1) is 13.3. The van der Waals surface area contributed by atoms with Crippen molar-refractivity contribution in [2.24, 2.45) is 5.73 Å². The molecule has 1 rings (SSSR count). The Morgan fingerprint density at radius 2 is 2.12 bits per heavy atom. The molecule has 16 heavy (non-hydrogen) atoms. The van der Waals surface area contributed by atoms with Crippen LogP contribution in [0, 0.1) is 0 Å². The first-order valence-electron chi connectivity index (χ1n) is 5.89. The van der Waals surface area contributed by atoms with Gasteiger partial charge in [0.25, 0.3) is 0 Å². The molecule has 0 aromatic heterocycles. The summed E-state index contributed by atoms with van der Waals surface area (Å²) >= 11 is 5.98. The van der Waals surface area contributed by atoms with E-state index in [-0.39, 0.29) is 0 Å². The van der Waals surface area contributed by atoms with Crippen LogP contribution in [0.15, 0.2) is 18.2 Å². The van der Waals surface area contributed by atoms with Crippen molar-refractivity contribution in [1.29, 1.82) is 0 Å². The number of benzene rings is 1. The van der Waals surface area contributed by atoms with Gasteiger partial charge >= 0.3 is 0 Å². The van der Waals surface area contributed by atoms with Crippen LogP contribution in [0.2, 0.25) is 5.02 Å². The lowest BCUT2D eigenvalue weighted by Gasteiger charge is -2.11. The number of hydrogen-bond donors (Lipinski definition) is 1. The first-order chi connectivity index (χ1) is 7.77. The van der Waals surface area contributed by atoms with Gasteiger partial charge in [-0.1, -0.05) is 18.5 Å². The number of hydrogen-bond acceptors (Lipinski definition) is 2. The second-order valence-electron chi connectivity index (χ2n) is 3.85. The molecule has 0 atom stereocenters. The Labute approximate surface area is 103 Å². The third kappa shape index (κ3) is 4.42. The van der Waals surface area contributed by atoms with Gasteiger partial charge in [-0.3, -0.25) is 0 Å². The third-order valence-electron chi connectivity index (χ3n) is 2.38. The highest BCUT2D eigenvalue weighted by molar-refractivity contribution is 6.30. The summed E-state index contributed by atoms with van der Waals surface area (Å²) in [6, 6.07) is 5.82. The van der Waals surface area contributed by atoms with Gasteiger partial charge in [0, 0.05) is 5.02 Å². The van der Waals surface area contributed by atoms with E-state index in [1.807, 2.05) is 18.2 Å². The molecule has 0 bridgehead atoms. The van der Waals surface area contributed by atoms with Gasteiger partial charge in [-0.05, 0) is 56.0 Å². The highest BCUT2D eigenvalue weighted by atomic mass is 35.5. The van der Waals surface area contributed by atoms with Gasteiger partial charge in [0.15, 0.2) is 0 Å². The summed E-state index contributed by atoms with van der Waals surface area (Å²) in [5, 5.41) is 0.770. The van der Waals surface area contributed by atoms with E-state index >= 15 is 0 Å². The van der Waals surface area contributed by atoms with Crippen molar-refractivity contribution < 1.29 is 4.74 Å². The quantitative estimate of drug-likeness (QED) is 0.743. The van der Waals surface area contributed by atoms with Gasteiger partial charge in [-0.15, -0.1) is 0 Å². The van der Waals surface area contributed by atoms with Crippen molar-refractivity contribution in [3.8, 4) is 5.75 Å². The normalized spacial score (nSPS) is 10.4. The largest absolute Gasteiger partial charge is 0.493 e. The lowest BCUT2D eigenvalue weighted by molar-refractivity contribution is 0.314. The molecular formula is C13H20ClNO. The van der Waals surface area contributed by atoms with Gasteiger partial charge in [0.05, 0.1) is 6.61 Å². The summed E-state index contributed by atoms with van der Waals surface area (Å²) in [5.41, 5.74) is 6.67. The smallest absolute Gasteiger partial charge is 0.122 e. The average molecular weight is 242 g/mol. The van der Waals surface area contributed by atoms with Crippen LogP contribution in [-0.2, 0) is 6.42 Å². The van der Waals surface area contributed by atoms with E-state index in [9.17, 15) is 0 Å². The zero-order chi connectivity index (χ0) is 11.8. The Balaban J connectivity index is 2.65. The molecule has 0 fully saturated rings. The third-order valence-corrected chi connectivity index (χ3v) is 2.62. The monoisotopic (exact) mass is 241 g/mol. The van der Waals surface area contributed by atoms with Gasteiger partial charge < -0.3 is 10.5 Å². The highest BCUT2D eigenvalue weighted by Gasteiger charge is 2.04. The van der Waals surface area contributed by atoms with Crippen molar-refractivity contribution in [3.05, 3.63) is 28.8 Å². The van der Waals surface area contributed by atoms with Crippen molar-refractivity contribution in [3.63, 3.8) is 0 Å². The van der Waals surface area contributed by atoms with Crippen LogP contribution in [-0.4, -0.2) is 13.2 Å². The predicted molar refractivity (Wildman–Crippen MR) is 69.2 cm³/mol. The molecule has 2 N–H and O–H groups in total. The number of rotatable bonds is 7. The van der Waals surface area contributed by atoms with Crippen LogP contribution in [0.5, 0.6) is 5.75 Å². The minimum atomic E-state index is 0.742. The van der Waals surface area contributed by atoms with E-state index in [0.29, 0.717) is 0 Å². The first-order valence-corrected chi connectivity index (χ1v) is 6.27. The maximum Gasteiger partial charge on any atom is 0.122 e. The molecule has 0 saturated heterocycles. The number of nitrogens with two attached hydrogens (primary N) is 1. The van der Waals surface area contributed by atoms with Crippen LogP contribution in [0.4, 0.5) is 0 Å². The molecule has 0 spiro atoms. The van der Waals surface area contributed by atoms with Crippen molar-refractivity contribution in [1.82, 2.24) is 0 Å². The highest BCUT2D eigenvalue weighted by Crippen LogP contribution is 2.24. The second-order valence-corrected chi connectivity index (χ2v) is 4.28. The summed E-state index contributed by atoms with van der Waals surface area (Å²) in [7, 11) is 0. The van der Waals surface area contributed by atoms with Crippen LogP contribution in [0.1, 0.15) is 31.7 Å². The van der Waals surface area contributed by atoms with E-state index in [1.165, 1.54) is 5.56 Å². The van der Waals surface area contributed by atoms with Gasteiger partial charge in [-0.2, -0.15) is 0 Å². The molecule has 0 amide bonds. The summed E-state index contributed by atoms with van der Waals surface area (Å²) in [5.74, 6) is 0.961. The minimum Gasteiger partial charge on any atom is -0.493 e. The zero-order valence-electron chi connectivity index (χ0n) is 9.84. The van der Waals surface area contributed by atoms with Crippen LogP contribution >= 0.6 is 11.6 Å². The average Bonchev–Trinajstić information content (AvgIpc) is 2.28. The predicted octanol–water partition coefficient (Wildman–Crippen LogP) is 3.41. The summed E-state index contributed by atoms with van der Waals surface area (Å²) in [6.07, 6.45) is 4.13. The molecule has 3 heteroatoms. The Morgan fingerprint density at radius 3 is 2.81 bits per heavy atom. The fourth-order valence-corrected chi connectivity index (χ4v) is 1.75. The molecule has 1 aromatic rings. The minimum absolute atomic E-state index is 0.742. The van der Waals surface area contributed by atoms with Gasteiger partial charge in [0.2, 0.25) is 0 Å². The zero-order valence-corrected chi connectivity index (χ0v) is 10.6. The maximum atomic E-state index is 5.98. The van der Waals surface area contributed by atoms with E-state index < -0.39 is 0 Å². The van der Waals surface area contributed by atoms with E-state index in [0.717, 1.165) is 49.6 Å². The molecule has 2 nitrogen and oxygen atoms in total. The lowest BCUT2D eigenvalue weighted by Crippen LogP contribution is -2.01. The Hall–Kier alpha value is -0.730. The molecule has 0 aliphatic carbocycles. The maximum absolute atomic E-state index is 5.98. The number of ether oxygens (including phenoxy) is 1. The molecule has 0 unspecified atom stereocenters. The fourth-order valence-electron chi connectivity index (χ4n) is 1.56. The van der Waals surface area contributed by atoms with Crippen molar-refractivity contribution in [2.45, 2.75) is 32.6 Å². The van der Waals surface area contributed by atoms with Crippen LogP contribution in [0.25, 0.3) is 0 Å². The standard InChI is InChI=1S/C13H20ClNO/c1-2-9-16-13-7-6-12(14)10-11(13)5-3-4-8-15/h6-7,10H,2-5,8-9,15H2,1H3.